The maximum atomic E-state index is 12.6. The van der Waals surface area contributed by atoms with E-state index >= 15 is 0 Å². The van der Waals surface area contributed by atoms with Crippen molar-refractivity contribution in [2.24, 2.45) is 0 Å². The van der Waals surface area contributed by atoms with Crippen LogP contribution in [0.4, 0.5) is 11.4 Å². The fourth-order valence-electron chi connectivity index (χ4n) is 3.00. The highest BCUT2D eigenvalue weighted by atomic mass is 35.5. The predicted octanol–water partition coefficient (Wildman–Crippen LogP) is 5.56. The van der Waals surface area contributed by atoms with E-state index in [1.165, 1.54) is 0 Å². The number of fused-ring (bicyclic) bond motifs is 1. The molecule has 3 rings (SSSR count). The van der Waals surface area contributed by atoms with E-state index in [0.29, 0.717) is 10.6 Å². The van der Waals surface area contributed by atoms with Gasteiger partial charge in [0, 0.05) is 30.7 Å². The number of halogens is 1. The monoisotopic (exact) mass is 352 g/mol. The van der Waals surface area contributed by atoms with Crippen molar-refractivity contribution in [1.82, 2.24) is 4.90 Å². The average Bonchev–Trinajstić information content (AvgIpc) is 2.58. The summed E-state index contributed by atoms with van der Waals surface area (Å²) in [4.78, 5) is 14.2. The first-order valence-corrected chi connectivity index (χ1v) is 8.53. The van der Waals surface area contributed by atoms with Crippen LogP contribution < -0.4 is 5.32 Å². The minimum atomic E-state index is -0.000520. The number of nitrogens with zero attached hydrogens (tertiary/aromatic N) is 1. The zero-order valence-corrected chi connectivity index (χ0v) is 15.6. The number of hydrogen-bond donors (Lipinski definition) is 1. The number of benzene rings is 3. The molecule has 0 aliphatic heterocycles. The van der Waals surface area contributed by atoms with Crippen molar-refractivity contribution in [1.29, 1.82) is 0 Å². The van der Waals surface area contributed by atoms with Crippen LogP contribution in [-0.2, 0) is 0 Å². The third-order valence-electron chi connectivity index (χ3n) is 4.28. The lowest BCUT2D eigenvalue weighted by atomic mass is 9.97. The number of nitrogens with one attached hydrogen (secondary N) is 1. The van der Waals surface area contributed by atoms with Crippen molar-refractivity contribution in [3.8, 4) is 0 Å². The summed E-state index contributed by atoms with van der Waals surface area (Å²) in [5.41, 5.74) is 4.70. The lowest BCUT2D eigenvalue weighted by Crippen LogP contribution is -2.22. The molecule has 0 saturated heterocycles. The summed E-state index contributed by atoms with van der Waals surface area (Å²) in [6.45, 7) is 4.06. The molecule has 0 heterocycles. The molecule has 4 heteroatoms. The fraction of sp³-hybridized carbons (Fsp3) is 0.190. The molecule has 0 aromatic heterocycles. The van der Waals surface area contributed by atoms with Crippen molar-refractivity contribution in [2.45, 2.75) is 13.8 Å². The van der Waals surface area contributed by atoms with Crippen LogP contribution in [0, 0.1) is 13.8 Å². The van der Waals surface area contributed by atoms with Gasteiger partial charge in [-0.3, -0.25) is 4.79 Å². The van der Waals surface area contributed by atoms with Gasteiger partial charge in [-0.25, -0.2) is 0 Å². The molecule has 0 bridgehead atoms. The normalized spacial score (nSPS) is 10.8. The van der Waals surface area contributed by atoms with Crippen LogP contribution in [-0.4, -0.2) is 24.9 Å². The van der Waals surface area contributed by atoms with Gasteiger partial charge < -0.3 is 10.2 Å². The Kier molecular flexibility index (Phi) is 4.69. The Balaban J connectivity index is 2.18. The second-order valence-corrected chi connectivity index (χ2v) is 6.87. The molecule has 1 N–H and O–H groups in total. The Hall–Kier alpha value is -2.52. The van der Waals surface area contributed by atoms with Crippen molar-refractivity contribution in [3.63, 3.8) is 0 Å². The number of rotatable bonds is 3. The van der Waals surface area contributed by atoms with Crippen LogP contribution in [0.3, 0.4) is 0 Å². The summed E-state index contributed by atoms with van der Waals surface area (Å²) in [5, 5.41) is 6.06. The van der Waals surface area contributed by atoms with E-state index in [2.05, 4.69) is 5.32 Å². The summed E-state index contributed by atoms with van der Waals surface area (Å²) in [7, 11) is 3.54. The van der Waals surface area contributed by atoms with Crippen molar-refractivity contribution >= 4 is 39.7 Å². The molecule has 0 spiro atoms. The lowest BCUT2D eigenvalue weighted by Gasteiger charge is -2.17. The van der Waals surface area contributed by atoms with E-state index in [1.54, 1.807) is 19.0 Å². The van der Waals surface area contributed by atoms with Crippen LogP contribution in [0.1, 0.15) is 21.5 Å². The first-order chi connectivity index (χ1) is 11.9. The SMILES string of the molecule is Cc1ccc(Cl)c(Nc2ccc(C(=O)N(C)C)c3c(C)cccc23)c1. The molecule has 0 radical (unpaired) electrons. The number of amides is 1. The molecule has 0 aliphatic rings. The molecule has 3 nitrogen and oxygen atoms in total. The minimum absolute atomic E-state index is 0.000520. The van der Waals surface area contributed by atoms with Gasteiger partial charge >= 0.3 is 0 Å². The standard InChI is InChI=1S/C21H21ClN2O/c1-13-8-10-17(22)19(12-13)23-18-11-9-16(21(25)24(3)4)20-14(2)6-5-7-15(18)20/h5-12,23H,1-4H3. The molecule has 128 valence electrons. The van der Waals surface area contributed by atoms with Gasteiger partial charge in [0.05, 0.1) is 10.7 Å². The molecule has 0 aliphatic carbocycles. The van der Waals surface area contributed by atoms with E-state index < -0.39 is 0 Å². The topological polar surface area (TPSA) is 32.3 Å². The smallest absolute Gasteiger partial charge is 0.253 e. The zero-order valence-electron chi connectivity index (χ0n) is 14.9. The molecular formula is C21H21ClN2O. The molecule has 1 amide bonds. The number of hydrogen-bond acceptors (Lipinski definition) is 2. The van der Waals surface area contributed by atoms with Crippen LogP contribution >= 0.6 is 11.6 Å². The predicted molar refractivity (Wildman–Crippen MR) is 106 cm³/mol. The number of aryl methyl sites for hydroxylation is 2. The molecule has 0 saturated carbocycles. The van der Waals surface area contributed by atoms with Crippen LogP contribution in [0.5, 0.6) is 0 Å². The Morgan fingerprint density at radius 3 is 2.48 bits per heavy atom. The van der Waals surface area contributed by atoms with Gasteiger partial charge in [0.25, 0.3) is 5.91 Å². The van der Waals surface area contributed by atoms with Gasteiger partial charge in [-0.05, 0) is 54.6 Å². The van der Waals surface area contributed by atoms with Crippen molar-refractivity contribution < 1.29 is 4.79 Å². The Morgan fingerprint density at radius 2 is 1.76 bits per heavy atom. The van der Waals surface area contributed by atoms with Gasteiger partial charge in [0.15, 0.2) is 0 Å². The van der Waals surface area contributed by atoms with Crippen LogP contribution in [0.15, 0.2) is 48.5 Å². The second kappa shape index (κ2) is 6.77. The maximum Gasteiger partial charge on any atom is 0.253 e. The van der Waals surface area contributed by atoms with Crippen LogP contribution in [0.2, 0.25) is 5.02 Å². The summed E-state index contributed by atoms with van der Waals surface area (Å²) in [6, 6.07) is 15.8. The minimum Gasteiger partial charge on any atom is -0.354 e. The van der Waals surface area contributed by atoms with E-state index in [0.717, 1.165) is 33.3 Å². The Bertz CT molecular complexity index is 964. The lowest BCUT2D eigenvalue weighted by molar-refractivity contribution is 0.0829. The summed E-state index contributed by atoms with van der Waals surface area (Å²) >= 11 is 6.33. The van der Waals surface area contributed by atoms with Crippen molar-refractivity contribution in [3.05, 3.63) is 70.2 Å². The van der Waals surface area contributed by atoms with Gasteiger partial charge in [0.2, 0.25) is 0 Å². The molecule has 0 unspecified atom stereocenters. The molecule has 0 fully saturated rings. The molecular weight excluding hydrogens is 332 g/mol. The van der Waals surface area contributed by atoms with Gasteiger partial charge in [-0.2, -0.15) is 0 Å². The number of carbonyl (C=O) groups is 1. The summed E-state index contributed by atoms with van der Waals surface area (Å²) < 4.78 is 0. The van der Waals surface area contributed by atoms with E-state index in [1.807, 2.05) is 62.4 Å². The fourth-order valence-corrected chi connectivity index (χ4v) is 3.16. The van der Waals surface area contributed by atoms with Crippen molar-refractivity contribution in [2.75, 3.05) is 19.4 Å². The highest BCUT2D eigenvalue weighted by molar-refractivity contribution is 6.33. The van der Waals surface area contributed by atoms with Gasteiger partial charge in [-0.1, -0.05) is 35.9 Å². The second-order valence-electron chi connectivity index (χ2n) is 6.47. The summed E-state index contributed by atoms with van der Waals surface area (Å²) in [6.07, 6.45) is 0. The highest BCUT2D eigenvalue weighted by Gasteiger charge is 2.16. The van der Waals surface area contributed by atoms with E-state index in [9.17, 15) is 4.79 Å². The van der Waals surface area contributed by atoms with E-state index in [-0.39, 0.29) is 5.91 Å². The molecule has 25 heavy (non-hydrogen) atoms. The van der Waals surface area contributed by atoms with Gasteiger partial charge in [-0.15, -0.1) is 0 Å². The first kappa shape index (κ1) is 17.3. The van der Waals surface area contributed by atoms with Gasteiger partial charge in [0.1, 0.15) is 0 Å². The molecule has 3 aromatic carbocycles. The number of carbonyl (C=O) groups excluding carboxylic acids is 1. The van der Waals surface area contributed by atoms with E-state index in [4.69, 9.17) is 11.6 Å². The highest BCUT2D eigenvalue weighted by Crippen LogP contribution is 2.34. The molecule has 0 atom stereocenters. The third-order valence-corrected chi connectivity index (χ3v) is 4.61. The Morgan fingerprint density at radius 1 is 1.00 bits per heavy atom. The first-order valence-electron chi connectivity index (χ1n) is 8.15. The third kappa shape index (κ3) is 3.33. The summed E-state index contributed by atoms with van der Waals surface area (Å²) in [5.74, 6) is -0.000520. The zero-order chi connectivity index (χ0) is 18.1. The quantitative estimate of drug-likeness (QED) is 0.669. The Labute approximate surface area is 153 Å². The number of anilines is 2. The largest absolute Gasteiger partial charge is 0.354 e. The van der Waals surface area contributed by atoms with Crippen LogP contribution in [0.25, 0.3) is 10.8 Å². The molecule has 3 aromatic rings. The maximum absolute atomic E-state index is 12.6. The average molecular weight is 353 g/mol.